The van der Waals surface area contributed by atoms with E-state index >= 15 is 0 Å². The maximum atomic E-state index is 11.3. The molecule has 11 heavy (non-hydrogen) atoms. The third-order valence-corrected chi connectivity index (χ3v) is 1.52. The number of hydrogen-bond acceptors (Lipinski definition) is 3. The summed E-state index contributed by atoms with van der Waals surface area (Å²) in [6.45, 7) is 5.45. The van der Waals surface area contributed by atoms with E-state index < -0.39 is 11.5 Å². The van der Waals surface area contributed by atoms with Gasteiger partial charge in [-0.2, -0.15) is 0 Å². The van der Waals surface area contributed by atoms with Gasteiger partial charge < -0.3 is 10.8 Å². The van der Waals surface area contributed by atoms with Gasteiger partial charge in [0.15, 0.2) is 5.78 Å². The molecule has 0 rings (SSSR count). The largest absolute Gasteiger partial charge is 0.396 e. The van der Waals surface area contributed by atoms with Crippen molar-refractivity contribution in [3.8, 4) is 0 Å². The highest BCUT2D eigenvalue weighted by molar-refractivity contribution is 5.88. The van der Waals surface area contributed by atoms with Gasteiger partial charge in [-0.05, 0) is 6.42 Å². The molecule has 0 aliphatic rings. The monoisotopic (exact) mass is 159 g/mol. The van der Waals surface area contributed by atoms with Crippen LogP contribution >= 0.6 is 0 Å². The average molecular weight is 159 g/mol. The Labute approximate surface area is 67.6 Å². The van der Waals surface area contributed by atoms with E-state index in [0.29, 0.717) is 6.42 Å². The van der Waals surface area contributed by atoms with Gasteiger partial charge in [0.25, 0.3) is 0 Å². The minimum Gasteiger partial charge on any atom is -0.396 e. The Bertz CT molecular complexity index is 138. The molecule has 0 bridgehead atoms. The van der Waals surface area contributed by atoms with Gasteiger partial charge in [-0.3, -0.25) is 4.79 Å². The fourth-order valence-corrected chi connectivity index (χ4v) is 0.826. The first-order chi connectivity index (χ1) is 4.89. The van der Waals surface area contributed by atoms with Gasteiger partial charge in [-0.15, -0.1) is 0 Å². The maximum absolute atomic E-state index is 11.3. The Balaban J connectivity index is 4.03. The van der Waals surface area contributed by atoms with Crippen LogP contribution in [0, 0.1) is 5.41 Å². The zero-order valence-corrected chi connectivity index (χ0v) is 7.42. The van der Waals surface area contributed by atoms with Crippen molar-refractivity contribution in [3.05, 3.63) is 0 Å². The molecule has 0 saturated carbocycles. The minimum absolute atomic E-state index is 0.00606. The van der Waals surface area contributed by atoms with Crippen molar-refractivity contribution in [2.45, 2.75) is 33.2 Å². The number of rotatable bonds is 3. The molecule has 1 atom stereocenters. The average Bonchev–Trinajstić information content (AvgIpc) is 1.85. The van der Waals surface area contributed by atoms with Crippen molar-refractivity contribution >= 4 is 5.78 Å². The Morgan fingerprint density at radius 3 is 2.27 bits per heavy atom. The Morgan fingerprint density at radius 2 is 2.00 bits per heavy atom. The maximum Gasteiger partial charge on any atom is 0.154 e. The molecule has 0 heterocycles. The number of carbonyl (C=O) groups excluding carboxylic acids is 1. The lowest BCUT2D eigenvalue weighted by atomic mass is 9.86. The predicted octanol–water partition coefficient (Wildman–Crippen LogP) is 0.311. The molecule has 0 unspecified atom stereocenters. The second-order valence-electron chi connectivity index (χ2n) is 3.73. The van der Waals surface area contributed by atoms with E-state index in [1.165, 1.54) is 0 Å². The van der Waals surface area contributed by atoms with E-state index in [0.717, 1.165) is 0 Å². The van der Waals surface area contributed by atoms with Gasteiger partial charge in [-0.1, -0.05) is 20.8 Å². The van der Waals surface area contributed by atoms with Crippen LogP contribution in [-0.2, 0) is 4.79 Å². The molecule has 0 spiro atoms. The van der Waals surface area contributed by atoms with Crippen LogP contribution in [0.2, 0.25) is 0 Å². The molecular weight excluding hydrogens is 142 g/mol. The smallest absolute Gasteiger partial charge is 0.154 e. The molecular formula is C8H17NO2. The molecule has 0 fully saturated rings. The molecule has 0 aromatic heterocycles. The first-order valence-electron chi connectivity index (χ1n) is 3.80. The summed E-state index contributed by atoms with van der Waals surface area (Å²) in [5, 5.41) is 8.52. The van der Waals surface area contributed by atoms with Gasteiger partial charge >= 0.3 is 0 Å². The van der Waals surface area contributed by atoms with Crippen molar-refractivity contribution in [1.82, 2.24) is 0 Å². The van der Waals surface area contributed by atoms with E-state index in [4.69, 9.17) is 10.8 Å². The molecule has 0 aliphatic heterocycles. The molecule has 0 aromatic carbocycles. The van der Waals surface area contributed by atoms with Crippen molar-refractivity contribution in [2.24, 2.45) is 11.1 Å². The van der Waals surface area contributed by atoms with E-state index in [1.54, 1.807) is 0 Å². The number of aliphatic hydroxyl groups excluding tert-OH is 1. The fraction of sp³-hybridized carbons (Fsp3) is 0.875. The summed E-state index contributed by atoms with van der Waals surface area (Å²) < 4.78 is 0. The minimum atomic E-state index is -0.514. The lowest BCUT2D eigenvalue weighted by Gasteiger charge is -2.20. The Kier molecular flexibility index (Phi) is 3.69. The predicted molar refractivity (Wildman–Crippen MR) is 44.1 cm³/mol. The molecule has 66 valence electrons. The lowest BCUT2D eigenvalue weighted by Crippen LogP contribution is -2.39. The summed E-state index contributed by atoms with van der Waals surface area (Å²) in [5.41, 5.74) is 5.11. The van der Waals surface area contributed by atoms with Gasteiger partial charge in [0.2, 0.25) is 0 Å². The normalized spacial score (nSPS) is 14.6. The van der Waals surface area contributed by atoms with Crippen molar-refractivity contribution in [3.63, 3.8) is 0 Å². The number of Topliss-reactive ketones (excluding diaryl/α,β-unsaturated/α-hetero) is 1. The molecule has 0 amide bonds. The second-order valence-corrected chi connectivity index (χ2v) is 3.73. The van der Waals surface area contributed by atoms with Crippen LogP contribution in [-0.4, -0.2) is 23.5 Å². The SMILES string of the molecule is CC(C)(C)C(=O)[C@@H](N)CCO. The summed E-state index contributed by atoms with van der Waals surface area (Å²) >= 11 is 0. The third kappa shape index (κ3) is 3.49. The van der Waals surface area contributed by atoms with Crippen molar-refractivity contribution < 1.29 is 9.90 Å². The standard InChI is InChI=1S/C8H17NO2/c1-8(2,3)7(11)6(9)4-5-10/h6,10H,4-5,9H2,1-3H3/t6-/m0/s1. The quantitative estimate of drug-likeness (QED) is 0.623. The van der Waals surface area contributed by atoms with Crippen LogP contribution < -0.4 is 5.73 Å². The first-order valence-corrected chi connectivity index (χ1v) is 3.80. The lowest BCUT2D eigenvalue weighted by molar-refractivity contribution is -0.127. The number of carbonyl (C=O) groups is 1. The highest BCUT2D eigenvalue weighted by Crippen LogP contribution is 2.16. The van der Waals surface area contributed by atoms with Crippen LogP contribution in [0.5, 0.6) is 0 Å². The molecule has 0 radical (unpaired) electrons. The topological polar surface area (TPSA) is 63.3 Å². The number of nitrogens with two attached hydrogens (primary N) is 1. The summed E-state index contributed by atoms with van der Waals surface area (Å²) in [4.78, 5) is 11.3. The molecule has 3 heteroatoms. The number of ketones is 1. The fourth-order valence-electron chi connectivity index (χ4n) is 0.826. The molecule has 3 N–H and O–H groups in total. The zero-order valence-electron chi connectivity index (χ0n) is 7.42. The molecule has 0 aromatic rings. The van der Waals surface area contributed by atoms with Crippen molar-refractivity contribution in [2.75, 3.05) is 6.61 Å². The van der Waals surface area contributed by atoms with Crippen LogP contribution in [0.3, 0.4) is 0 Å². The van der Waals surface area contributed by atoms with E-state index in [1.807, 2.05) is 20.8 Å². The molecule has 0 aliphatic carbocycles. The summed E-state index contributed by atoms with van der Waals surface area (Å²) in [6, 6.07) is -0.514. The van der Waals surface area contributed by atoms with Crippen molar-refractivity contribution in [1.29, 1.82) is 0 Å². The second kappa shape index (κ2) is 3.83. The summed E-state index contributed by atoms with van der Waals surface area (Å²) in [6.07, 6.45) is 0.357. The van der Waals surface area contributed by atoms with Crippen LogP contribution in [0.25, 0.3) is 0 Å². The van der Waals surface area contributed by atoms with E-state index in [-0.39, 0.29) is 12.4 Å². The molecule has 0 saturated heterocycles. The van der Waals surface area contributed by atoms with Gasteiger partial charge in [0, 0.05) is 12.0 Å². The summed E-state index contributed by atoms with van der Waals surface area (Å²) in [5.74, 6) is 0.00606. The summed E-state index contributed by atoms with van der Waals surface area (Å²) in [7, 11) is 0. The highest BCUT2D eigenvalue weighted by Gasteiger charge is 2.26. The first kappa shape index (κ1) is 10.6. The molecule has 3 nitrogen and oxygen atoms in total. The third-order valence-electron chi connectivity index (χ3n) is 1.52. The van der Waals surface area contributed by atoms with Gasteiger partial charge in [0.05, 0.1) is 6.04 Å². The number of aliphatic hydroxyl groups is 1. The van der Waals surface area contributed by atoms with Gasteiger partial charge in [-0.25, -0.2) is 0 Å². The van der Waals surface area contributed by atoms with E-state index in [9.17, 15) is 4.79 Å². The Morgan fingerprint density at radius 1 is 1.55 bits per heavy atom. The number of hydrogen-bond donors (Lipinski definition) is 2. The van der Waals surface area contributed by atoms with Crippen LogP contribution in [0.1, 0.15) is 27.2 Å². The highest BCUT2D eigenvalue weighted by atomic mass is 16.3. The van der Waals surface area contributed by atoms with Gasteiger partial charge in [0.1, 0.15) is 0 Å². The van der Waals surface area contributed by atoms with E-state index in [2.05, 4.69) is 0 Å². The Hall–Kier alpha value is -0.410. The zero-order chi connectivity index (χ0) is 9.07. The van der Waals surface area contributed by atoms with Crippen LogP contribution in [0.4, 0.5) is 0 Å². The van der Waals surface area contributed by atoms with Crippen LogP contribution in [0.15, 0.2) is 0 Å².